The zero-order valence-electron chi connectivity index (χ0n) is 14.0. The van der Waals surface area contributed by atoms with Crippen LogP contribution in [0.4, 0.5) is 11.5 Å². The van der Waals surface area contributed by atoms with Crippen molar-refractivity contribution in [3.8, 4) is 17.1 Å². The van der Waals surface area contributed by atoms with Gasteiger partial charge in [-0.3, -0.25) is 10.1 Å². The number of nitro benzene ring substituents is 1. The predicted octanol–water partition coefficient (Wildman–Crippen LogP) is 2.90. The molecule has 2 aromatic heterocycles. The Morgan fingerprint density at radius 2 is 1.96 bits per heavy atom. The number of ether oxygens (including phenoxy) is 1. The molecule has 0 spiro atoms. The van der Waals surface area contributed by atoms with Gasteiger partial charge in [0.25, 0.3) is 5.69 Å². The summed E-state index contributed by atoms with van der Waals surface area (Å²) in [5.74, 6) is 0.471. The van der Waals surface area contributed by atoms with Gasteiger partial charge in [-0.1, -0.05) is 18.2 Å². The largest absolute Gasteiger partial charge is 0.493 e. The van der Waals surface area contributed by atoms with Gasteiger partial charge in [0, 0.05) is 23.1 Å². The highest BCUT2D eigenvalue weighted by Gasteiger charge is 2.18. The van der Waals surface area contributed by atoms with Gasteiger partial charge in [0.2, 0.25) is 0 Å². The number of hydrogen-bond acceptors (Lipinski definition) is 8. The summed E-state index contributed by atoms with van der Waals surface area (Å²) < 4.78 is 10.6. The van der Waals surface area contributed by atoms with Crippen molar-refractivity contribution in [3.05, 3.63) is 63.0 Å². The second kappa shape index (κ2) is 6.06. The summed E-state index contributed by atoms with van der Waals surface area (Å²) in [5.41, 5.74) is 6.11. The quantitative estimate of drug-likeness (QED) is 0.254. The maximum atomic E-state index is 12.4. The Labute approximate surface area is 151 Å². The van der Waals surface area contributed by atoms with Crippen LogP contribution in [0, 0.1) is 10.1 Å². The lowest BCUT2D eigenvalue weighted by Crippen LogP contribution is -2.08. The number of rotatable bonds is 3. The molecule has 0 atom stereocenters. The number of benzene rings is 2. The van der Waals surface area contributed by atoms with Gasteiger partial charge in [0.15, 0.2) is 17.2 Å². The summed E-state index contributed by atoms with van der Waals surface area (Å²) in [4.78, 5) is 31.5. The fourth-order valence-corrected chi connectivity index (χ4v) is 2.87. The number of nitro groups is 1. The minimum Gasteiger partial charge on any atom is -0.493 e. The van der Waals surface area contributed by atoms with E-state index in [1.807, 2.05) is 0 Å². The number of fused-ring (bicyclic) bond motifs is 3. The highest BCUT2D eigenvalue weighted by atomic mass is 16.6. The van der Waals surface area contributed by atoms with Crippen LogP contribution in [-0.4, -0.2) is 22.0 Å². The number of nitrogens with two attached hydrogens (primary N) is 1. The van der Waals surface area contributed by atoms with E-state index in [1.165, 1.54) is 25.3 Å². The molecule has 2 aromatic carbocycles. The summed E-state index contributed by atoms with van der Waals surface area (Å²) in [6.07, 6.45) is 0. The van der Waals surface area contributed by atoms with Gasteiger partial charge in [-0.2, -0.15) is 0 Å². The number of nitrogen functional groups attached to an aromatic ring is 1. The van der Waals surface area contributed by atoms with Crippen LogP contribution in [0.25, 0.3) is 33.3 Å². The molecule has 0 radical (unpaired) electrons. The van der Waals surface area contributed by atoms with Crippen molar-refractivity contribution in [1.29, 1.82) is 0 Å². The summed E-state index contributed by atoms with van der Waals surface area (Å²) in [7, 11) is 1.46. The molecule has 0 amide bonds. The molecule has 0 bridgehead atoms. The molecule has 0 aliphatic rings. The van der Waals surface area contributed by atoms with Crippen LogP contribution in [0.1, 0.15) is 0 Å². The maximum absolute atomic E-state index is 12.4. The van der Waals surface area contributed by atoms with Crippen LogP contribution in [0.2, 0.25) is 0 Å². The standard InChI is InChI=1S/C18H12N4O5/c1-26-12-7-3-6-11-14-13(18(23)27-15(11)12)16(19)21-17(20-14)9-4-2-5-10(8-9)22(24)25/h2-8H,1H3,(H2,19,20,21). The first-order valence-electron chi connectivity index (χ1n) is 7.81. The van der Waals surface area contributed by atoms with E-state index in [1.54, 1.807) is 24.3 Å². The van der Waals surface area contributed by atoms with E-state index in [9.17, 15) is 14.9 Å². The minimum atomic E-state index is -0.690. The molecule has 134 valence electrons. The van der Waals surface area contributed by atoms with Crippen LogP contribution in [0.15, 0.2) is 51.7 Å². The summed E-state index contributed by atoms with van der Waals surface area (Å²) >= 11 is 0. The Kier molecular flexibility index (Phi) is 3.69. The van der Waals surface area contributed by atoms with Gasteiger partial charge >= 0.3 is 5.63 Å². The van der Waals surface area contributed by atoms with Crippen molar-refractivity contribution in [2.45, 2.75) is 0 Å². The second-order valence-electron chi connectivity index (χ2n) is 5.69. The Morgan fingerprint density at radius 1 is 1.19 bits per heavy atom. The molecule has 0 fully saturated rings. The van der Waals surface area contributed by atoms with Crippen molar-refractivity contribution >= 4 is 33.4 Å². The fraction of sp³-hybridized carbons (Fsp3) is 0.0556. The number of methoxy groups -OCH3 is 1. The highest BCUT2D eigenvalue weighted by molar-refractivity contribution is 6.07. The molecule has 2 N–H and O–H groups in total. The molecule has 0 saturated heterocycles. The molecule has 9 nitrogen and oxygen atoms in total. The Bertz CT molecular complexity index is 1280. The second-order valence-corrected chi connectivity index (χ2v) is 5.69. The Hall–Kier alpha value is -4.01. The van der Waals surface area contributed by atoms with Crippen molar-refractivity contribution < 1.29 is 14.1 Å². The molecule has 4 rings (SSSR count). The first kappa shape index (κ1) is 16.5. The van der Waals surface area contributed by atoms with Gasteiger partial charge < -0.3 is 14.9 Å². The van der Waals surface area contributed by atoms with Gasteiger partial charge in [-0.25, -0.2) is 14.8 Å². The predicted molar refractivity (Wildman–Crippen MR) is 98.6 cm³/mol. The SMILES string of the molecule is COc1cccc2c1oc(=O)c1c(N)nc(-c3cccc([N+](=O)[O-])c3)nc12. The fourth-order valence-electron chi connectivity index (χ4n) is 2.87. The first-order chi connectivity index (χ1) is 13.0. The van der Waals surface area contributed by atoms with Crippen LogP contribution in [0.3, 0.4) is 0 Å². The number of anilines is 1. The van der Waals surface area contributed by atoms with E-state index < -0.39 is 10.5 Å². The number of hydrogen-bond donors (Lipinski definition) is 1. The third kappa shape index (κ3) is 2.61. The van der Waals surface area contributed by atoms with Crippen LogP contribution >= 0.6 is 0 Å². The van der Waals surface area contributed by atoms with Crippen molar-refractivity contribution in [3.63, 3.8) is 0 Å². The van der Waals surface area contributed by atoms with Crippen molar-refractivity contribution in [2.24, 2.45) is 0 Å². The number of non-ortho nitro benzene ring substituents is 1. The molecule has 0 aliphatic heterocycles. The van der Waals surface area contributed by atoms with E-state index in [2.05, 4.69) is 9.97 Å². The summed E-state index contributed by atoms with van der Waals surface area (Å²) in [5, 5.41) is 11.6. The van der Waals surface area contributed by atoms with Gasteiger partial charge in [0.05, 0.1) is 17.5 Å². The van der Waals surface area contributed by atoms with Gasteiger partial charge in [0.1, 0.15) is 11.2 Å². The molecular weight excluding hydrogens is 352 g/mol. The van der Waals surface area contributed by atoms with Crippen molar-refractivity contribution in [1.82, 2.24) is 9.97 Å². The zero-order chi connectivity index (χ0) is 19.1. The van der Waals surface area contributed by atoms with E-state index in [0.29, 0.717) is 16.7 Å². The Morgan fingerprint density at radius 3 is 2.70 bits per heavy atom. The van der Waals surface area contributed by atoms with Crippen LogP contribution < -0.4 is 16.1 Å². The molecule has 27 heavy (non-hydrogen) atoms. The van der Waals surface area contributed by atoms with Crippen molar-refractivity contribution in [2.75, 3.05) is 12.8 Å². The smallest absolute Gasteiger partial charge is 0.349 e. The van der Waals surface area contributed by atoms with Gasteiger partial charge in [-0.15, -0.1) is 0 Å². The molecule has 4 aromatic rings. The number of para-hydroxylation sites is 1. The number of nitrogens with zero attached hydrogens (tertiary/aromatic N) is 3. The third-order valence-corrected chi connectivity index (χ3v) is 4.11. The molecule has 2 heterocycles. The normalized spacial score (nSPS) is 11.0. The molecular formula is C18H12N4O5. The van der Waals surface area contributed by atoms with Gasteiger partial charge in [-0.05, 0) is 12.1 Å². The van der Waals surface area contributed by atoms with Crippen LogP contribution in [0.5, 0.6) is 5.75 Å². The number of aromatic nitrogens is 2. The lowest BCUT2D eigenvalue weighted by molar-refractivity contribution is -0.384. The monoisotopic (exact) mass is 364 g/mol. The third-order valence-electron chi connectivity index (χ3n) is 4.11. The van der Waals surface area contributed by atoms with E-state index in [-0.39, 0.29) is 33.8 Å². The highest BCUT2D eigenvalue weighted by Crippen LogP contribution is 2.31. The van der Waals surface area contributed by atoms with E-state index in [0.717, 1.165) is 0 Å². The minimum absolute atomic E-state index is 0.0462. The Balaban J connectivity index is 2.08. The maximum Gasteiger partial charge on any atom is 0.349 e. The molecule has 0 aliphatic carbocycles. The van der Waals surface area contributed by atoms with Crippen LogP contribution in [-0.2, 0) is 0 Å². The molecule has 0 saturated carbocycles. The average Bonchev–Trinajstić information content (AvgIpc) is 2.67. The molecule has 9 heteroatoms. The first-order valence-corrected chi connectivity index (χ1v) is 7.81. The summed E-state index contributed by atoms with van der Waals surface area (Å²) in [6.45, 7) is 0. The molecule has 0 unspecified atom stereocenters. The topological polar surface area (TPSA) is 134 Å². The lowest BCUT2D eigenvalue weighted by atomic mass is 10.1. The van der Waals surface area contributed by atoms with E-state index in [4.69, 9.17) is 14.9 Å². The van der Waals surface area contributed by atoms with E-state index >= 15 is 0 Å². The summed E-state index contributed by atoms with van der Waals surface area (Å²) in [6, 6.07) is 11.0. The lowest BCUT2D eigenvalue weighted by Gasteiger charge is -2.09. The zero-order valence-corrected chi connectivity index (χ0v) is 14.0. The average molecular weight is 364 g/mol.